The molecule has 0 saturated carbocycles. The summed E-state index contributed by atoms with van der Waals surface area (Å²) in [6.45, 7) is 10.8. The molecule has 0 radical (unpaired) electrons. The van der Waals surface area contributed by atoms with Crippen molar-refractivity contribution in [2.45, 2.75) is 46.5 Å². The minimum absolute atomic E-state index is 0.115. The highest BCUT2D eigenvalue weighted by Crippen LogP contribution is 2.44. The number of aromatic nitrogens is 3. The monoisotopic (exact) mass is 841 g/mol. The molecule has 0 aliphatic heterocycles. The second-order valence-electron chi connectivity index (χ2n) is 17.7. The smallest absolute Gasteiger partial charge is 0.149 e. The van der Waals surface area contributed by atoms with Gasteiger partial charge in [0, 0.05) is 23.0 Å². The highest BCUT2D eigenvalue weighted by molar-refractivity contribution is 5.98. The van der Waals surface area contributed by atoms with Crippen LogP contribution < -0.4 is 0 Å². The summed E-state index contributed by atoms with van der Waals surface area (Å²) in [5, 5.41) is 12.2. The molecular weight excluding hydrogens is 791 g/mol. The fourth-order valence-corrected chi connectivity index (χ4v) is 9.07. The van der Waals surface area contributed by atoms with E-state index < -0.39 is 0 Å². The summed E-state index contributed by atoms with van der Waals surface area (Å²) in [7, 11) is 0. The number of fused-ring (bicyclic) bond motifs is 1. The number of rotatable bonds is 10. The number of aryl methyl sites for hydroxylation is 1. The third-order valence-electron chi connectivity index (χ3n) is 12.5. The fraction of sp³-hybridized carbons (Fsp3) is 0.115. The molecule has 2 heterocycles. The number of phenols is 1. The average molecular weight is 842 g/mol. The molecule has 0 atom stereocenters. The van der Waals surface area contributed by atoms with Gasteiger partial charge in [0.25, 0.3) is 0 Å². The van der Waals surface area contributed by atoms with Gasteiger partial charge in [0.2, 0.25) is 0 Å². The van der Waals surface area contributed by atoms with Crippen LogP contribution in [-0.2, 0) is 0 Å². The lowest BCUT2D eigenvalue weighted by Gasteiger charge is -2.18. The average Bonchev–Trinajstić information content (AvgIpc) is 3.74. The van der Waals surface area contributed by atoms with Crippen LogP contribution in [0, 0.1) is 6.92 Å². The number of para-hydroxylation sites is 1. The third kappa shape index (κ3) is 8.16. The molecule has 8 aromatic carbocycles. The van der Waals surface area contributed by atoms with Crippen LogP contribution >= 0.6 is 0 Å². The molecule has 0 aliphatic rings. The molecule has 316 valence electrons. The SMILES string of the molecule is Cc1cc(-c2ccccc2)cc(-n2c(-c3cc(C(C)C)cc(C(C)C)c3O)nc3c(-c4cc(-c5ccccc5)cc(-c5cc(-c6ccc(-c7ccccc7)cc6)ccn5)c4)cccc32)c1. The lowest BCUT2D eigenvalue weighted by Crippen LogP contribution is -2.02. The quantitative estimate of drug-likeness (QED) is 0.149. The Morgan fingerprint density at radius 1 is 0.446 bits per heavy atom. The second-order valence-corrected chi connectivity index (χ2v) is 17.7. The van der Waals surface area contributed by atoms with Gasteiger partial charge in [0.1, 0.15) is 11.6 Å². The Labute approximate surface area is 382 Å². The summed E-state index contributed by atoms with van der Waals surface area (Å²) in [6, 6.07) is 68.8. The molecule has 0 fully saturated rings. The number of phenolic OH excluding ortho intramolecular Hbond substituents is 1. The van der Waals surface area contributed by atoms with Crippen molar-refractivity contribution >= 4 is 11.0 Å². The molecule has 0 spiro atoms. The Hall–Kier alpha value is -7.82. The Bertz CT molecular complexity index is 3310. The summed E-state index contributed by atoms with van der Waals surface area (Å²) in [5.74, 6) is 1.34. The van der Waals surface area contributed by atoms with Gasteiger partial charge in [-0.25, -0.2) is 4.98 Å². The van der Waals surface area contributed by atoms with Gasteiger partial charge in [-0.1, -0.05) is 167 Å². The number of hydrogen-bond acceptors (Lipinski definition) is 3. The van der Waals surface area contributed by atoms with Gasteiger partial charge in [0.15, 0.2) is 0 Å². The van der Waals surface area contributed by atoms with E-state index in [1.54, 1.807) is 0 Å². The van der Waals surface area contributed by atoms with Crippen molar-refractivity contribution in [2.75, 3.05) is 0 Å². The van der Waals surface area contributed by atoms with E-state index in [4.69, 9.17) is 9.97 Å². The number of hydrogen-bond donors (Lipinski definition) is 1. The molecule has 65 heavy (non-hydrogen) atoms. The molecular formula is C61H51N3O. The van der Waals surface area contributed by atoms with Crippen LogP contribution in [0.5, 0.6) is 5.75 Å². The lowest BCUT2D eigenvalue weighted by atomic mass is 9.91. The topological polar surface area (TPSA) is 50.9 Å². The van der Waals surface area contributed by atoms with Crippen molar-refractivity contribution in [3.63, 3.8) is 0 Å². The summed E-state index contributed by atoms with van der Waals surface area (Å²) in [6.07, 6.45) is 1.91. The van der Waals surface area contributed by atoms with Gasteiger partial charge in [-0.15, -0.1) is 0 Å². The third-order valence-corrected chi connectivity index (χ3v) is 12.5. The van der Waals surface area contributed by atoms with E-state index in [2.05, 4.69) is 227 Å². The summed E-state index contributed by atoms with van der Waals surface area (Å²) in [5.41, 5.74) is 19.7. The van der Waals surface area contributed by atoms with Crippen LogP contribution in [0.3, 0.4) is 0 Å². The maximum atomic E-state index is 12.2. The van der Waals surface area contributed by atoms with Gasteiger partial charge in [-0.2, -0.15) is 0 Å². The van der Waals surface area contributed by atoms with Crippen molar-refractivity contribution in [3.05, 3.63) is 217 Å². The van der Waals surface area contributed by atoms with Crippen molar-refractivity contribution in [1.82, 2.24) is 14.5 Å². The molecule has 2 aromatic heterocycles. The molecule has 1 N–H and O–H groups in total. The second kappa shape index (κ2) is 17.4. The van der Waals surface area contributed by atoms with Crippen molar-refractivity contribution in [2.24, 2.45) is 0 Å². The van der Waals surface area contributed by atoms with Crippen LogP contribution in [0.2, 0.25) is 0 Å². The summed E-state index contributed by atoms with van der Waals surface area (Å²) < 4.78 is 2.25. The summed E-state index contributed by atoms with van der Waals surface area (Å²) in [4.78, 5) is 10.6. The molecule has 4 heteroatoms. The van der Waals surface area contributed by atoms with E-state index in [0.29, 0.717) is 5.82 Å². The number of nitrogens with zero attached hydrogens (tertiary/aromatic N) is 3. The fourth-order valence-electron chi connectivity index (χ4n) is 9.07. The van der Waals surface area contributed by atoms with Crippen molar-refractivity contribution < 1.29 is 5.11 Å². The first-order valence-electron chi connectivity index (χ1n) is 22.6. The molecule has 0 saturated heterocycles. The highest BCUT2D eigenvalue weighted by Gasteiger charge is 2.24. The van der Waals surface area contributed by atoms with Crippen LogP contribution in [0.15, 0.2) is 200 Å². The number of aromatic hydroxyl groups is 1. The first-order chi connectivity index (χ1) is 31.7. The standard InChI is InChI=1S/C61H51N3O/c1-39(2)48-36-55(40(3)4)60(65)56(37-48)61-63-59-54(22-15-23-58(59)64(61)53-31-41(5)30-49(35-53)43-18-11-7-12-19-43)51-32-50(44-20-13-8-14-21-44)33-52(34-51)57-38-47(28-29-62-57)46-26-24-45(25-27-46)42-16-9-6-10-17-42/h6-40,65H,1-5H3. The van der Waals surface area contributed by atoms with Crippen molar-refractivity contribution in [1.29, 1.82) is 0 Å². The normalized spacial score (nSPS) is 11.5. The molecule has 0 amide bonds. The number of pyridine rings is 1. The van der Waals surface area contributed by atoms with Crippen LogP contribution in [0.4, 0.5) is 0 Å². The molecule has 4 nitrogen and oxygen atoms in total. The molecule has 10 rings (SSSR count). The zero-order chi connectivity index (χ0) is 44.6. The van der Waals surface area contributed by atoms with Crippen LogP contribution in [0.25, 0.3) is 95.0 Å². The van der Waals surface area contributed by atoms with Gasteiger partial charge in [0.05, 0.1) is 22.3 Å². The Morgan fingerprint density at radius 2 is 1.02 bits per heavy atom. The maximum Gasteiger partial charge on any atom is 0.149 e. The predicted molar refractivity (Wildman–Crippen MR) is 271 cm³/mol. The first-order valence-corrected chi connectivity index (χ1v) is 22.6. The van der Waals surface area contributed by atoms with Gasteiger partial charge >= 0.3 is 0 Å². The van der Waals surface area contributed by atoms with Crippen LogP contribution in [0.1, 0.15) is 56.2 Å². The number of imidazole rings is 1. The summed E-state index contributed by atoms with van der Waals surface area (Å²) >= 11 is 0. The maximum absolute atomic E-state index is 12.2. The predicted octanol–water partition coefficient (Wildman–Crippen LogP) is 16.4. The Morgan fingerprint density at radius 3 is 1.65 bits per heavy atom. The van der Waals surface area contributed by atoms with Gasteiger partial charge in [-0.05, 0) is 140 Å². The Kier molecular flexibility index (Phi) is 11.0. The zero-order valence-electron chi connectivity index (χ0n) is 37.5. The van der Waals surface area contributed by atoms with E-state index >= 15 is 0 Å². The van der Waals surface area contributed by atoms with E-state index in [9.17, 15) is 5.11 Å². The molecule has 10 aromatic rings. The lowest BCUT2D eigenvalue weighted by molar-refractivity contribution is 0.466. The van der Waals surface area contributed by atoms with E-state index in [-0.39, 0.29) is 17.6 Å². The minimum Gasteiger partial charge on any atom is -0.507 e. The van der Waals surface area contributed by atoms with E-state index in [1.807, 2.05) is 12.3 Å². The molecule has 0 unspecified atom stereocenters. The van der Waals surface area contributed by atoms with E-state index in [0.717, 1.165) is 94.7 Å². The van der Waals surface area contributed by atoms with Gasteiger partial charge < -0.3 is 5.11 Å². The first kappa shape index (κ1) is 41.2. The van der Waals surface area contributed by atoms with E-state index in [1.165, 1.54) is 11.1 Å². The zero-order valence-corrected chi connectivity index (χ0v) is 37.5. The van der Waals surface area contributed by atoms with Crippen LogP contribution in [-0.4, -0.2) is 19.6 Å². The number of benzene rings is 8. The Balaban J connectivity index is 1.18. The molecule has 0 bridgehead atoms. The highest BCUT2D eigenvalue weighted by atomic mass is 16.3. The largest absolute Gasteiger partial charge is 0.507 e. The van der Waals surface area contributed by atoms with Crippen molar-refractivity contribution in [3.8, 4) is 89.7 Å². The van der Waals surface area contributed by atoms with Gasteiger partial charge in [-0.3, -0.25) is 9.55 Å². The molecule has 0 aliphatic carbocycles. The minimum atomic E-state index is 0.115.